The van der Waals surface area contributed by atoms with Crippen molar-refractivity contribution in [1.29, 1.82) is 0 Å². The van der Waals surface area contributed by atoms with Gasteiger partial charge in [0.05, 0.1) is 12.6 Å². The predicted molar refractivity (Wildman–Crippen MR) is 96.7 cm³/mol. The molecule has 1 aromatic carbocycles. The summed E-state index contributed by atoms with van der Waals surface area (Å²) in [6.07, 6.45) is 2.59. The van der Waals surface area contributed by atoms with Crippen molar-refractivity contribution in [2.75, 3.05) is 13.1 Å². The van der Waals surface area contributed by atoms with Crippen LogP contribution in [0.4, 0.5) is 9.18 Å². The second kappa shape index (κ2) is 7.90. The summed E-state index contributed by atoms with van der Waals surface area (Å²) in [6.45, 7) is 2.44. The molecule has 0 saturated carbocycles. The minimum Gasteiger partial charge on any atom is -0.355 e. The first-order chi connectivity index (χ1) is 12.5. The summed E-state index contributed by atoms with van der Waals surface area (Å²) in [6, 6.07) is 4.74. The highest BCUT2D eigenvalue weighted by Crippen LogP contribution is 2.34. The summed E-state index contributed by atoms with van der Waals surface area (Å²) in [5.41, 5.74) is 0.651. The Morgan fingerprint density at radius 1 is 1.27 bits per heavy atom. The fourth-order valence-electron chi connectivity index (χ4n) is 2.96. The Balaban J connectivity index is 1.79. The number of amides is 4. The van der Waals surface area contributed by atoms with E-state index in [2.05, 4.69) is 5.32 Å². The number of carbonyl (C=O) groups excluding carboxylic acids is 3. The van der Waals surface area contributed by atoms with Crippen molar-refractivity contribution in [3.63, 3.8) is 0 Å². The summed E-state index contributed by atoms with van der Waals surface area (Å²) in [5, 5.41) is 4.09. The Morgan fingerprint density at radius 2 is 2.00 bits per heavy atom. The lowest BCUT2D eigenvalue weighted by atomic mass is 10.1. The summed E-state index contributed by atoms with van der Waals surface area (Å²) in [4.78, 5) is 40.3. The van der Waals surface area contributed by atoms with Gasteiger partial charge < -0.3 is 10.2 Å². The summed E-state index contributed by atoms with van der Waals surface area (Å²) < 4.78 is 13.1. The number of rotatable bonds is 6. The molecule has 0 bridgehead atoms. The SMILES string of the molecule is CCCNC(=O)CN1C(=O)N(Cc2ccc(F)cc2)C(=O)C2SC=CC21. The molecule has 2 aliphatic heterocycles. The maximum Gasteiger partial charge on any atom is 0.328 e. The number of imide groups is 1. The average Bonchev–Trinajstić information content (AvgIpc) is 3.12. The molecule has 3 rings (SSSR count). The highest BCUT2D eigenvalue weighted by molar-refractivity contribution is 8.03. The van der Waals surface area contributed by atoms with Crippen LogP contribution < -0.4 is 5.32 Å². The molecular weight excluding hydrogens is 357 g/mol. The lowest BCUT2D eigenvalue weighted by molar-refractivity contribution is -0.133. The molecule has 0 aliphatic carbocycles. The zero-order valence-electron chi connectivity index (χ0n) is 14.4. The first-order valence-corrected chi connectivity index (χ1v) is 9.40. The summed E-state index contributed by atoms with van der Waals surface area (Å²) in [7, 11) is 0. The number of urea groups is 1. The zero-order valence-corrected chi connectivity index (χ0v) is 15.2. The van der Waals surface area contributed by atoms with E-state index in [1.165, 1.54) is 28.8 Å². The molecule has 2 aliphatic rings. The van der Waals surface area contributed by atoms with Gasteiger partial charge in [0.25, 0.3) is 0 Å². The number of carbonyl (C=O) groups is 3. The maximum atomic E-state index is 13.1. The van der Waals surface area contributed by atoms with Gasteiger partial charge in [-0.2, -0.15) is 0 Å². The van der Waals surface area contributed by atoms with Gasteiger partial charge in [-0.3, -0.25) is 14.5 Å². The van der Waals surface area contributed by atoms with Gasteiger partial charge in [-0.1, -0.05) is 25.1 Å². The van der Waals surface area contributed by atoms with Gasteiger partial charge in [-0.25, -0.2) is 9.18 Å². The molecule has 6 nitrogen and oxygen atoms in total. The number of nitrogens with one attached hydrogen (secondary N) is 1. The van der Waals surface area contributed by atoms with Crippen molar-refractivity contribution < 1.29 is 18.8 Å². The highest BCUT2D eigenvalue weighted by atomic mass is 32.2. The number of fused-ring (bicyclic) bond motifs is 1. The van der Waals surface area contributed by atoms with E-state index in [0.29, 0.717) is 12.1 Å². The van der Waals surface area contributed by atoms with Crippen LogP contribution in [0.5, 0.6) is 0 Å². The van der Waals surface area contributed by atoms with Crippen LogP contribution in [0.1, 0.15) is 18.9 Å². The molecule has 4 amide bonds. The van der Waals surface area contributed by atoms with Crippen molar-refractivity contribution >= 4 is 29.6 Å². The van der Waals surface area contributed by atoms with Gasteiger partial charge in [-0.15, -0.1) is 11.8 Å². The Bertz CT molecular complexity index is 738. The van der Waals surface area contributed by atoms with Gasteiger partial charge in [0.15, 0.2) is 0 Å². The predicted octanol–water partition coefficient (Wildman–Crippen LogP) is 2.11. The smallest absolute Gasteiger partial charge is 0.328 e. The second-order valence-corrected chi connectivity index (χ2v) is 7.24. The van der Waals surface area contributed by atoms with E-state index in [-0.39, 0.29) is 30.7 Å². The van der Waals surface area contributed by atoms with Crippen LogP contribution in [0.15, 0.2) is 35.7 Å². The van der Waals surface area contributed by atoms with E-state index in [1.54, 1.807) is 23.6 Å². The maximum absolute atomic E-state index is 13.1. The van der Waals surface area contributed by atoms with Crippen LogP contribution in [0.2, 0.25) is 0 Å². The van der Waals surface area contributed by atoms with Crippen molar-refractivity contribution in [2.45, 2.75) is 31.2 Å². The van der Waals surface area contributed by atoms with E-state index in [1.807, 2.05) is 6.92 Å². The normalized spacial score (nSPS) is 21.9. The molecule has 0 radical (unpaired) electrons. The highest BCUT2D eigenvalue weighted by Gasteiger charge is 2.47. The Kier molecular flexibility index (Phi) is 5.61. The van der Waals surface area contributed by atoms with Gasteiger partial charge in [0.2, 0.25) is 11.8 Å². The fraction of sp³-hybridized carbons (Fsp3) is 0.389. The molecule has 1 fully saturated rings. The third-order valence-electron chi connectivity index (χ3n) is 4.30. The Hall–Kier alpha value is -2.35. The van der Waals surface area contributed by atoms with Crippen LogP contribution in [0, 0.1) is 5.82 Å². The van der Waals surface area contributed by atoms with Crippen LogP contribution >= 0.6 is 11.8 Å². The molecular formula is C18H20FN3O3S. The lowest BCUT2D eigenvalue weighted by Gasteiger charge is -2.40. The van der Waals surface area contributed by atoms with Gasteiger partial charge in [0, 0.05) is 6.54 Å². The summed E-state index contributed by atoms with van der Waals surface area (Å²) in [5.74, 6) is -0.917. The van der Waals surface area contributed by atoms with Crippen molar-refractivity contribution in [3.8, 4) is 0 Å². The molecule has 2 unspecified atom stereocenters. The van der Waals surface area contributed by atoms with E-state index in [9.17, 15) is 18.8 Å². The van der Waals surface area contributed by atoms with Crippen molar-refractivity contribution in [1.82, 2.24) is 15.1 Å². The van der Waals surface area contributed by atoms with Gasteiger partial charge >= 0.3 is 6.03 Å². The third kappa shape index (κ3) is 3.75. The minimum absolute atomic E-state index is 0.0504. The Labute approximate surface area is 155 Å². The van der Waals surface area contributed by atoms with E-state index in [4.69, 9.17) is 0 Å². The van der Waals surface area contributed by atoms with Crippen molar-refractivity contribution in [3.05, 3.63) is 47.1 Å². The molecule has 0 spiro atoms. The van der Waals surface area contributed by atoms with Gasteiger partial charge in [-0.05, 0) is 29.5 Å². The number of halogens is 1. The molecule has 138 valence electrons. The number of hydrogen-bond acceptors (Lipinski definition) is 4. The number of benzene rings is 1. The zero-order chi connectivity index (χ0) is 18.7. The molecule has 0 aromatic heterocycles. The topological polar surface area (TPSA) is 69.7 Å². The minimum atomic E-state index is -0.501. The van der Waals surface area contributed by atoms with Crippen LogP contribution in [0.25, 0.3) is 0 Å². The molecule has 1 saturated heterocycles. The summed E-state index contributed by atoms with van der Waals surface area (Å²) >= 11 is 1.34. The molecule has 2 heterocycles. The van der Waals surface area contributed by atoms with Crippen LogP contribution in [-0.4, -0.2) is 52.0 Å². The van der Waals surface area contributed by atoms with Gasteiger partial charge in [0.1, 0.15) is 17.6 Å². The molecule has 1 N–H and O–H groups in total. The van der Waals surface area contributed by atoms with Crippen LogP contribution in [0.3, 0.4) is 0 Å². The Morgan fingerprint density at radius 3 is 2.69 bits per heavy atom. The van der Waals surface area contributed by atoms with E-state index in [0.717, 1.165) is 11.3 Å². The fourth-order valence-corrected chi connectivity index (χ4v) is 4.02. The van der Waals surface area contributed by atoms with E-state index >= 15 is 0 Å². The number of nitrogens with zero attached hydrogens (tertiary/aromatic N) is 2. The first kappa shape index (κ1) is 18.4. The quantitative estimate of drug-likeness (QED) is 0.824. The van der Waals surface area contributed by atoms with Crippen LogP contribution in [-0.2, 0) is 16.1 Å². The first-order valence-electron chi connectivity index (χ1n) is 8.46. The standard InChI is InChI=1S/C18H20FN3O3S/c1-2-8-20-15(23)11-21-14-7-9-26-16(14)17(24)22(18(21)25)10-12-3-5-13(19)6-4-12/h3-7,9,14,16H,2,8,10-11H2,1H3,(H,20,23). The van der Waals surface area contributed by atoms with Crippen molar-refractivity contribution in [2.24, 2.45) is 0 Å². The number of thioether (sulfide) groups is 1. The average molecular weight is 377 g/mol. The lowest BCUT2D eigenvalue weighted by Crippen LogP contribution is -2.62. The largest absolute Gasteiger partial charge is 0.355 e. The molecule has 26 heavy (non-hydrogen) atoms. The van der Waals surface area contributed by atoms with E-state index < -0.39 is 17.3 Å². The number of hydrogen-bond donors (Lipinski definition) is 1. The second-order valence-electron chi connectivity index (χ2n) is 6.19. The third-order valence-corrected chi connectivity index (χ3v) is 5.39. The molecule has 2 atom stereocenters. The molecule has 8 heteroatoms. The monoisotopic (exact) mass is 377 g/mol. The molecule has 1 aromatic rings.